The van der Waals surface area contributed by atoms with Gasteiger partial charge in [-0.2, -0.15) is 0 Å². The predicted molar refractivity (Wildman–Crippen MR) is 116 cm³/mol. The van der Waals surface area contributed by atoms with E-state index in [0.29, 0.717) is 36.6 Å². The molecule has 2 aromatic heterocycles. The molecule has 1 amide bonds. The van der Waals surface area contributed by atoms with Gasteiger partial charge in [-0.3, -0.25) is 9.59 Å². The third-order valence-electron chi connectivity index (χ3n) is 5.21. The van der Waals surface area contributed by atoms with Crippen LogP contribution in [0.2, 0.25) is 0 Å². The Morgan fingerprint density at radius 3 is 2.86 bits per heavy atom. The standard InChI is InChI=1S/C21H22BrN3O2S/c1-12-13(2)28-21-19(12)20(27)23-17(24-21)8-9-18(26)25(16-6-7-16)11-14-4-3-5-15(22)10-14/h3-5,10,16H,6-9,11H2,1-2H3,(H,23,24,27). The molecule has 1 aliphatic carbocycles. The number of fused-ring (bicyclic) bond motifs is 1. The lowest BCUT2D eigenvalue weighted by atomic mass is 10.2. The number of thiophene rings is 1. The monoisotopic (exact) mass is 459 g/mol. The number of carbonyl (C=O) groups is 1. The van der Waals surface area contributed by atoms with Crippen molar-refractivity contribution < 1.29 is 4.79 Å². The van der Waals surface area contributed by atoms with E-state index < -0.39 is 0 Å². The predicted octanol–water partition coefficient (Wildman–Crippen LogP) is 4.49. The first-order valence-electron chi connectivity index (χ1n) is 9.45. The van der Waals surface area contributed by atoms with Crippen molar-refractivity contribution >= 4 is 43.4 Å². The second-order valence-electron chi connectivity index (χ2n) is 7.36. The van der Waals surface area contributed by atoms with Gasteiger partial charge in [0.1, 0.15) is 10.7 Å². The summed E-state index contributed by atoms with van der Waals surface area (Å²) < 4.78 is 1.02. The second kappa shape index (κ2) is 7.79. The first kappa shape index (κ1) is 19.3. The van der Waals surface area contributed by atoms with Gasteiger partial charge in [-0.25, -0.2) is 4.98 Å². The fraction of sp³-hybridized carbons (Fsp3) is 0.381. The summed E-state index contributed by atoms with van der Waals surface area (Å²) in [5.74, 6) is 0.703. The average Bonchev–Trinajstić information content (AvgIpc) is 3.44. The van der Waals surface area contributed by atoms with Crippen molar-refractivity contribution in [3.8, 4) is 0 Å². The minimum absolute atomic E-state index is 0.109. The van der Waals surface area contributed by atoms with Crippen LogP contribution in [0.3, 0.4) is 0 Å². The van der Waals surface area contributed by atoms with Crippen molar-refractivity contribution in [3.05, 3.63) is 60.9 Å². The van der Waals surface area contributed by atoms with Gasteiger partial charge in [0.2, 0.25) is 5.91 Å². The van der Waals surface area contributed by atoms with Crippen molar-refractivity contribution in [1.82, 2.24) is 14.9 Å². The number of aromatic nitrogens is 2. The molecule has 5 nitrogen and oxygen atoms in total. The number of hydrogen-bond acceptors (Lipinski definition) is 4. The molecule has 0 aliphatic heterocycles. The zero-order valence-electron chi connectivity index (χ0n) is 15.9. The third kappa shape index (κ3) is 4.05. The first-order chi connectivity index (χ1) is 13.4. The van der Waals surface area contributed by atoms with E-state index in [1.165, 1.54) is 11.3 Å². The van der Waals surface area contributed by atoms with Gasteiger partial charge >= 0.3 is 0 Å². The van der Waals surface area contributed by atoms with E-state index in [1.54, 1.807) is 0 Å². The summed E-state index contributed by atoms with van der Waals surface area (Å²) in [4.78, 5) is 36.6. The Morgan fingerprint density at radius 1 is 1.36 bits per heavy atom. The summed E-state index contributed by atoms with van der Waals surface area (Å²) in [7, 11) is 0. The van der Waals surface area contributed by atoms with Crippen LogP contribution < -0.4 is 5.56 Å². The van der Waals surface area contributed by atoms with E-state index in [0.717, 1.165) is 38.1 Å². The lowest BCUT2D eigenvalue weighted by Gasteiger charge is -2.22. The lowest BCUT2D eigenvalue weighted by molar-refractivity contribution is -0.132. The summed E-state index contributed by atoms with van der Waals surface area (Å²) in [5.41, 5.74) is 2.00. The molecule has 0 spiro atoms. The maximum absolute atomic E-state index is 12.9. The smallest absolute Gasteiger partial charge is 0.259 e. The molecule has 1 aromatic carbocycles. The van der Waals surface area contributed by atoms with E-state index >= 15 is 0 Å². The summed E-state index contributed by atoms with van der Waals surface area (Å²) in [5, 5.41) is 0.673. The molecule has 4 rings (SSSR count). The van der Waals surface area contributed by atoms with Crippen LogP contribution in [-0.4, -0.2) is 26.8 Å². The van der Waals surface area contributed by atoms with Crippen LogP contribution in [0.4, 0.5) is 0 Å². The Labute approximate surface area is 175 Å². The van der Waals surface area contributed by atoms with Gasteiger partial charge in [-0.1, -0.05) is 28.1 Å². The quantitative estimate of drug-likeness (QED) is 0.590. The molecule has 0 saturated heterocycles. The summed E-state index contributed by atoms with van der Waals surface area (Å²) in [6.07, 6.45) is 2.92. The van der Waals surface area contributed by atoms with Gasteiger partial charge in [0.25, 0.3) is 5.56 Å². The number of aryl methyl sites for hydroxylation is 3. The average molecular weight is 460 g/mol. The third-order valence-corrected chi connectivity index (χ3v) is 6.81. The van der Waals surface area contributed by atoms with Crippen LogP contribution in [0.1, 0.15) is 41.1 Å². The number of H-pyrrole nitrogens is 1. The van der Waals surface area contributed by atoms with Gasteiger partial charge in [-0.05, 0) is 49.9 Å². The minimum Gasteiger partial charge on any atom is -0.335 e. The highest BCUT2D eigenvalue weighted by atomic mass is 79.9. The molecule has 0 bridgehead atoms. The van der Waals surface area contributed by atoms with Gasteiger partial charge in [-0.15, -0.1) is 11.3 Å². The van der Waals surface area contributed by atoms with E-state index in [9.17, 15) is 9.59 Å². The highest BCUT2D eigenvalue weighted by Crippen LogP contribution is 2.30. The minimum atomic E-state index is -0.109. The molecule has 1 aliphatic rings. The molecule has 0 atom stereocenters. The molecule has 146 valence electrons. The number of carbonyl (C=O) groups excluding carboxylic acids is 1. The van der Waals surface area contributed by atoms with Crippen LogP contribution in [0, 0.1) is 13.8 Å². The summed E-state index contributed by atoms with van der Waals surface area (Å²) >= 11 is 5.03. The van der Waals surface area contributed by atoms with E-state index in [-0.39, 0.29) is 11.5 Å². The van der Waals surface area contributed by atoms with Crippen molar-refractivity contribution in [2.45, 2.75) is 52.1 Å². The molecule has 28 heavy (non-hydrogen) atoms. The largest absolute Gasteiger partial charge is 0.335 e. The maximum atomic E-state index is 12.9. The van der Waals surface area contributed by atoms with E-state index in [2.05, 4.69) is 32.0 Å². The maximum Gasteiger partial charge on any atom is 0.259 e. The van der Waals surface area contributed by atoms with Gasteiger partial charge in [0.15, 0.2) is 0 Å². The zero-order chi connectivity index (χ0) is 19.8. The molecular weight excluding hydrogens is 438 g/mol. The number of nitrogens with zero attached hydrogens (tertiary/aromatic N) is 2. The second-order valence-corrected chi connectivity index (χ2v) is 9.48. The summed E-state index contributed by atoms with van der Waals surface area (Å²) in [6, 6.07) is 8.41. The summed E-state index contributed by atoms with van der Waals surface area (Å²) in [6.45, 7) is 4.57. The molecule has 1 saturated carbocycles. The first-order valence-corrected chi connectivity index (χ1v) is 11.1. The molecule has 3 aromatic rings. The number of halogens is 1. The Morgan fingerprint density at radius 2 is 2.14 bits per heavy atom. The number of amides is 1. The highest BCUT2D eigenvalue weighted by Gasteiger charge is 2.32. The number of aromatic amines is 1. The topological polar surface area (TPSA) is 66.1 Å². The van der Waals surface area contributed by atoms with Crippen molar-refractivity contribution in [2.75, 3.05) is 0 Å². The molecular formula is C21H22BrN3O2S. The number of rotatable bonds is 6. The number of nitrogens with one attached hydrogen (secondary N) is 1. The van der Waals surface area contributed by atoms with Crippen molar-refractivity contribution in [3.63, 3.8) is 0 Å². The van der Waals surface area contributed by atoms with E-state index in [4.69, 9.17) is 0 Å². The van der Waals surface area contributed by atoms with Gasteiger partial charge in [0.05, 0.1) is 5.39 Å². The fourth-order valence-electron chi connectivity index (χ4n) is 3.43. The molecule has 0 radical (unpaired) electrons. The van der Waals surface area contributed by atoms with Crippen LogP contribution in [0.5, 0.6) is 0 Å². The van der Waals surface area contributed by atoms with E-state index in [1.807, 2.05) is 36.9 Å². The van der Waals surface area contributed by atoms with Crippen LogP contribution in [-0.2, 0) is 17.8 Å². The Balaban J connectivity index is 1.48. The van der Waals surface area contributed by atoms with Crippen LogP contribution >= 0.6 is 27.3 Å². The highest BCUT2D eigenvalue weighted by molar-refractivity contribution is 9.10. The van der Waals surface area contributed by atoms with Crippen LogP contribution in [0.15, 0.2) is 33.5 Å². The Hall–Kier alpha value is -1.99. The zero-order valence-corrected chi connectivity index (χ0v) is 18.3. The fourth-order valence-corrected chi connectivity index (χ4v) is 4.92. The van der Waals surface area contributed by atoms with Crippen molar-refractivity contribution in [1.29, 1.82) is 0 Å². The number of hydrogen-bond donors (Lipinski definition) is 1. The number of benzene rings is 1. The van der Waals surface area contributed by atoms with Crippen LogP contribution in [0.25, 0.3) is 10.2 Å². The Bertz CT molecular complexity index is 1100. The molecule has 2 heterocycles. The van der Waals surface area contributed by atoms with Gasteiger partial charge < -0.3 is 9.88 Å². The SMILES string of the molecule is Cc1sc2nc(CCC(=O)N(Cc3cccc(Br)c3)C3CC3)[nH]c(=O)c2c1C. The molecule has 0 unspecified atom stereocenters. The lowest BCUT2D eigenvalue weighted by Crippen LogP contribution is -2.33. The molecule has 1 fully saturated rings. The molecule has 7 heteroatoms. The normalized spacial score (nSPS) is 13.8. The van der Waals surface area contributed by atoms with Gasteiger partial charge in [0, 0.05) is 34.8 Å². The Kier molecular flexibility index (Phi) is 5.38. The van der Waals surface area contributed by atoms with Crippen molar-refractivity contribution in [2.24, 2.45) is 0 Å². The molecule has 1 N–H and O–H groups in total.